The first-order chi connectivity index (χ1) is 8.60. The van der Waals surface area contributed by atoms with Gasteiger partial charge in [0.05, 0.1) is 6.61 Å². The molecule has 1 atom stereocenters. The smallest absolute Gasteiger partial charge is 0.487 e. The van der Waals surface area contributed by atoms with Crippen LogP contribution in [0.2, 0.25) is 5.54 Å². The molecule has 0 amide bonds. The van der Waals surface area contributed by atoms with Gasteiger partial charge in [-0.2, -0.15) is 0 Å². The van der Waals surface area contributed by atoms with Gasteiger partial charge >= 0.3 is 8.80 Å². The quantitative estimate of drug-likeness (QED) is 0.457. The zero-order valence-corrected chi connectivity index (χ0v) is 14.0. The van der Waals surface area contributed by atoms with E-state index >= 15 is 0 Å². The molecule has 0 aliphatic rings. The number of rotatable bonds is 10. The maximum atomic E-state index is 5.54. The van der Waals surface area contributed by atoms with Gasteiger partial charge in [-0.15, -0.1) is 0 Å². The van der Waals surface area contributed by atoms with Crippen molar-refractivity contribution in [3.8, 4) is 0 Å². The van der Waals surface area contributed by atoms with E-state index in [4.69, 9.17) is 30.2 Å². The highest BCUT2D eigenvalue weighted by Gasteiger charge is 2.47. The van der Waals surface area contributed by atoms with Crippen molar-refractivity contribution in [2.45, 2.75) is 45.1 Å². The molecule has 0 fully saturated rings. The zero-order valence-electron chi connectivity index (χ0n) is 12.2. The fourth-order valence-electron chi connectivity index (χ4n) is 1.98. The first-order valence-electron chi connectivity index (χ1n) is 6.41. The second-order valence-electron chi connectivity index (χ2n) is 4.13. The van der Waals surface area contributed by atoms with Crippen LogP contribution in [0, 0.1) is 0 Å². The lowest BCUT2D eigenvalue weighted by Crippen LogP contribution is -2.48. The van der Waals surface area contributed by atoms with E-state index in [1.165, 1.54) is 0 Å². The molecule has 0 saturated heterocycles. The largest absolute Gasteiger partial charge is 0.503 e. The third-order valence-electron chi connectivity index (χ3n) is 2.87. The summed E-state index contributed by atoms with van der Waals surface area (Å²) < 4.78 is 22.1. The van der Waals surface area contributed by atoms with Crippen LogP contribution in [0.25, 0.3) is 0 Å². The van der Waals surface area contributed by atoms with Gasteiger partial charge in [-0.25, -0.2) is 0 Å². The topological polar surface area (TPSA) is 36.9 Å². The Morgan fingerprint density at radius 2 is 1.61 bits per heavy atom. The lowest BCUT2D eigenvalue weighted by atomic mass is 10.2. The summed E-state index contributed by atoms with van der Waals surface area (Å²) in [5.41, 5.74) is 0.159. The van der Waals surface area contributed by atoms with Crippen molar-refractivity contribution < 1.29 is 18.0 Å². The average Bonchev–Trinajstić information content (AvgIpc) is 2.39. The van der Waals surface area contributed by atoms with Crippen molar-refractivity contribution in [2.24, 2.45) is 0 Å². The van der Waals surface area contributed by atoms with Crippen LogP contribution in [0.4, 0.5) is 0 Å². The average molecular weight is 294 g/mol. The Morgan fingerprint density at radius 1 is 1.06 bits per heavy atom. The number of ether oxygens (including phenoxy) is 1. The molecule has 18 heavy (non-hydrogen) atoms. The molecule has 4 nitrogen and oxygen atoms in total. The van der Waals surface area contributed by atoms with Gasteiger partial charge < -0.3 is 18.0 Å². The van der Waals surface area contributed by atoms with E-state index in [-0.39, 0.29) is 5.54 Å². The molecule has 0 radical (unpaired) electrons. The van der Waals surface area contributed by atoms with Gasteiger partial charge in [-0.05, 0) is 25.1 Å². The van der Waals surface area contributed by atoms with Crippen LogP contribution in [-0.2, 0) is 18.0 Å². The van der Waals surface area contributed by atoms with Crippen LogP contribution in [0.15, 0.2) is 0 Å². The van der Waals surface area contributed by atoms with E-state index < -0.39 is 8.80 Å². The lowest BCUT2D eigenvalue weighted by molar-refractivity contribution is 0.109. The minimum atomic E-state index is -2.64. The normalized spacial score (nSPS) is 13.4. The van der Waals surface area contributed by atoms with Crippen LogP contribution in [0.1, 0.15) is 39.5 Å². The SMILES string of the molecule is CCCOC(=S)CC(CCC)[Si](OC)(OC)OC. The maximum absolute atomic E-state index is 5.54. The van der Waals surface area contributed by atoms with E-state index in [2.05, 4.69) is 13.8 Å². The van der Waals surface area contributed by atoms with Crippen molar-refractivity contribution in [1.82, 2.24) is 0 Å². The predicted octanol–water partition coefficient (Wildman–Crippen LogP) is 3.18. The predicted molar refractivity (Wildman–Crippen MR) is 78.9 cm³/mol. The summed E-state index contributed by atoms with van der Waals surface area (Å²) in [6, 6.07) is 0. The van der Waals surface area contributed by atoms with Crippen LogP contribution in [0.3, 0.4) is 0 Å². The van der Waals surface area contributed by atoms with Crippen molar-refractivity contribution >= 4 is 26.1 Å². The van der Waals surface area contributed by atoms with E-state index in [1.807, 2.05) is 0 Å². The first-order valence-corrected chi connectivity index (χ1v) is 8.62. The number of thiocarbonyl (C=S) groups is 1. The standard InChI is InChI=1S/C12H26O4SSi/c1-6-8-11(10-12(17)16-9-7-2)18(13-3,14-4)15-5/h11H,6-10H2,1-5H3. The minimum Gasteiger partial charge on any atom is -0.487 e. The molecule has 0 aromatic rings. The summed E-state index contributed by atoms with van der Waals surface area (Å²) in [6.45, 7) is 4.85. The lowest BCUT2D eigenvalue weighted by Gasteiger charge is -2.32. The molecule has 0 bridgehead atoms. The molecule has 0 rings (SSSR count). The van der Waals surface area contributed by atoms with E-state index in [0.717, 1.165) is 19.3 Å². The van der Waals surface area contributed by atoms with Crippen molar-refractivity contribution in [2.75, 3.05) is 27.9 Å². The van der Waals surface area contributed by atoms with Crippen molar-refractivity contribution in [3.63, 3.8) is 0 Å². The summed E-state index contributed by atoms with van der Waals surface area (Å²) in [4.78, 5) is 0. The fourth-order valence-corrected chi connectivity index (χ4v) is 4.99. The second-order valence-corrected chi connectivity index (χ2v) is 7.83. The molecule has 0 spiro atoms. The summed E-state index contributed by atoms with van der Waals surface area (Å²) in [6.07, 6.45) is 3.61. The molecular formula is C12H26O4SSi. The number of hydrogen-bond acceptors (Lipinski definition) is 5. The Bertz CT molecular complexity index is 226. The summed E-state index contributed by atoms with van der Waals surface area (Å²) in [7, 11) is 2.27. The zero-order chi connectivity index (χ0) is 14.0. The molecule has 0 aliphatic carbocycles. The van der Waals surface area contributed by atoms with Gasteiger partial charge in [0.2, 0.25) is 0 Å². The molecule has 0 heterocycles. The molecular weight excluding hydrogens is 268 g/mol. The Kier molecular flexibility index (Phi) is 9.85. The van der Waals surface area contributed by atoms with Gasteiger partial charge in [0.1, 0.15) is 0 Å². The monoisotopic (exact) mass is 294 g/mol. The van der Waals surface area contributed by atoms with E-state index in [0.29, 0.717) is 18.1 Å². The first kappa shape index (κ1) is 18.0. The fraction of sp³-hybridized carbons (Fsp3) is 0.917. The van der Waals surface area contributed by atoms with Gasteiger partial charge in [0.25, 0.3) is 0 Å². The van der Waals surface area contributed by atoms with Gasteiger partial charge in [-0.1, -0.05) is 20.3 Å². The summed E-state index contributed by atoms with van der Waals surface area (Å²) in [5.74, 6) is 0. The molecule has 0 aromatic carbocycles. The van der Waals surface area contributed by atoms with Crippen LogP contribution >= 0.6 is 12.2 Å². The molecule has 0 N–H and O–H groups in total. The third kappa shape index (κ3) is 5.32. The number of hydrogen-bond donors (Lipinski definition) is 0. The molecule has 0 saturated carbocycles. The minimum absolute atomic E-state index is 0.159. The van der Waals surface area contributed by atoms with Crippen LogP contribution < -0.4 is 0 Å². The Labute approximate surface area is 117 Å². The van der Waals surface area contributed by atoms with Crippen LogP contribution in [-0.4, -0.2) is 41.8 Å². The molecule has 1 unspecified atom stereocenters. The highest BCUT2D eigenvalue weighted by atomic mass is 32.1. The van der Waals surface area contributed by atoms with Crippen molar-refractivity contribution in [1.29, 1.82) is 0 Å². The highest BCUT2D eigenvalue weighted by Crippen LogP contribution is 2.32. The Morgan fingerprint density at radius 3 is 2.00 bits per heavy atom. The Balaban J connectivity index is 4.66. The van der Waals surface area contributed by atoms with Gasteiger partial charge in [-0.3, -0.25) is 0 Å². The molecule has 108 valence electrons. The Hall–Kier alpha value is -0.0131. The van der Waals surface area contributed by atoms with E-state index in [9.17, 15) is 0 Å². The maximum Gasteiger partial charge on any atom is 0.503 e. The molecule has 0 aromatic heterocycles. The van der Waals surface area contributed by atoms with Crippen molar-refractivity contribution in [3.05, 3.63) is 0 Å². The van der Waals surface area contributed by atoms with Crippen LogP contribution in [0.5, 0.6) is 0 Å². The van der Waals surface area contributed by atoms with Gasteiger partial charge in [0, 0.05) is 33.3 Å². The second kappa shape index (κ2) is 9.86. The summed E-state index contributed by atoms with van der Waals surface area (Å²) >= 11 is 5.26. The summed E-state index contributed by atoms with van der Waals surface area (Å²) in [5, 5.41) is 0.623. The third-order valence-corrected chi connectivity index (χ3v) is 6.36. The molecule has 0 aliphatic heterocycles. The highest BCUT2D eigenvalue weighted by molar-refractivity contribution is 7.80. The molecule has 6 heteroatoms. The van der Waals surface area contributed by atoms with Gasteiger partial charge in [0.15, 0.2) is 5.05 Å². The van der Waals surface area contributed by atoms with E-state index in [1.54, 1.807) is 21.3 Å².